The van der Waals surface area contributed by atoms with Crippen molar-refractivity contribution in [1.29, 1.82) is 0 Å². The van der Waals surface area contributed by atoms with Crippen molar-refractivity contribution in [1.82, 2.24) is 10.3 Å². The van der Waals surface area contributed by atoms with Crippen molar-refractivity contribution < 1.29 is 13.9 Å². The molecule has 2 unspecified atom stereocenters. The molecule has 2 heterocycles. The Hall–Kier alpha value is -1.37. The number of furan rings is 1. The number of amides is 1. The van der Waals surface area contributed by atoms with E-state index in [0.717, 1.165) is 37.4 Å². The second-order valence-electron chi connectivity index (χ2n) is 5.30. The van der Waals surface area contributed by atoms with Gasteiger partial charge in [0.05, 0.1) is 12.7 Å². The molecule has 2 rings (SSSR count). The molecule has 0 bridgehead atoms. The lowest BCUT2D eigenvalue weighted by atomic mass is 10.1. The van der Waals surface area contributed by atoms with Gasteiger partial charge in [0.25, 0.3) is 0 Å². The Balaban J connectivity index is 2.11. The van der Waals surface area contributed by atoms with Crippen molar-refractivity contribution in [3.8, 4) is 0 Å². The van der Waals surface area contributed by atoms with Gasteiger partial charge in [-0.15, -0.1) is 0 Å². The van der Waals surface area contributed by atoms with E-state index in [-0.39, 0.29) is 11.9 Å². The van der Waals surface area contributed by atoms with Crippen LogP contribution in [0.5, 0.6) is 0 Å². The van der Waals surface area contributed by atoms with Crippen molar-refractivity contribution in [3.05, 3.63) is 23.2 Å². The van der Waals surface area contributed by atoms with E-state index in [2.05, 4.69) is 24.2 Å². The van der Waals surface area contributed by atoms with Crippen LogP contribution in [0.2, 0.25) is 0 Å². The maximum Gasteiger partial charge on any atom is 0.300 e. The van der Waals surface area contributed by atoms with E-state index in [9.17, 15) is 4.79 Å². The Morgan fingerprint density at radius 2 is 2.35 bits per heavy atom. The fourth-order valence-corrected chi connectivity index (χ4v) is 2.56. The molecule has 0 radical (unpaired) electrons. The van der Waals surface area contributed by atoms with Crippen LogP contribution in [0.15, 0.2) is 10.5 Å². The summed E-state index contributed by atoms with van der Waals surface area (Å²) in [5, 5.41) is 0. The average molecular weight is 281 g/mol. The Labute approximate surface area is 119 Å². The van der Waals surface area contributed by atoms with Crippen LogP contribution in [-0.4, -0.2) is 36.1 Å². The monoisotopic (exact) mass is 281 g/mol. The van der Waals surface area contributed by atoms with E-state index in [0.29, 0.717) is 6.04 Å². The molecule has 2 atom stereocenters. The summed E-state index contributed by atoms with van der Waals surface area (Å²) < 4.78 is 11.1. The molecule has 0 aromatic carbocycles. The first kappa shape index (κ1) is 15.0. The molecule has 112 valence electrons. The zero-order chi connectivity index (χ0) is 14.7. The van der Waals surface area contributed by atoms with Crippen LogP contribution in [-0.2, 0) is 11.3 Å². The summed E-state index contributed by atoms with van der Waals surface area (Å²) >= 11 is 0. The number of hydrogen-bond acceptors (Lipinski definition) is 5. The van der Waals surface area contributed by atoms with E-state index >= 15 is 0 Å². The van der Waals surface area contributed by atoms with Gasteiger partial charge in [0.1, 0.15) is 5.76 Å². The van der Waals surface area contributed by atoms with Crippen molar-refractivity contribution in [2.45, 2.75) is 45.9 Å². The lowest BCUT2D eigenvalue weighted by Gasteiger charge is -2.38. The number of hydrogen-bond donors (Lipinski definition) is 2. The zero-order valence-electron chi connectivity index (χ0n) is 12.3. The molecule has 6 nitrogen and oxygen atoms in total. The van der Waals surface area contributed by atoms with E-state index in [1.807, 2.05) is 6.92 Å². The standard InChI is InChI=1S/C14H23N3O3/c1-4-12-8-19-9(2)6-17(12)7-11-5-13(14(18)16-15)20-10(11)3/h5,9,12H,4,6-8,15H2,1-3H3,(H,16,18). The van der Waals surface area contributed by atoms with Crippen LogP contribution in [0.1, 0.15) is 42.1 Å². The van der Waals surface area contributed by atoms with E-state index in [4.69, 9.17) is 15.0 Å². The van der Waals surface area contributed by atoms with Crippen molar-refractivity contribution in [2.24, 2.45) is 5.84 Å². The second-order valence-corrected chi connectivity index (χ2v) is 5.30. The fourth-order valence-electron chi connectivity index (χ4n) is 2.56. The quantitative estimate of drug-likeness (QED) is 0.492. The van der Waals surface area contributed by atoms with Gasteiger partial charge in [-0.1, -0.05) is 6.92 Å². The van der Waals surface area contributed by atoms with Gasteiger partial charge in [0, 0.05) is 24.7 Å². The number of hydrazine groups is 1. The van der Waals surface area contributed by atoms with Crippen LogP contribution in [0.25, 0.3) is 0 Å². The highest BCUT2D eigenvalue weighted by molar-refractivity contribution is 5.91. The third-order valence-corrected chi connectivity index (χ3v) is 3.80. The number of carbonyl (C=O) groups excluding carboxylic acids is 1. The highest BCUT2D eigenvalue weighted by Gasteiger charge is 2.26. The third-order valence-electron chi connectivity index (χ3n) is 3.80. The summed E-state index contributed by atoms with van der Waals surface area (Å²) in [5.74, 6) is 5.74. The molecule has 1 saturated heterocycles. The maximum atomic E-state index is 11.5. The molecule has 0 aliphatic carbocycles. The van der Waals surface area contributed by atoms with Gasteiger partial charge in [0.2, 0.25) is 0 Å². The van der Waals surface area contributed by atoms with Crippen LogP contribution in [0.4, 0.5) is 0 Å². The number of ether oxygens (including phenoxy) is 1. The van der Waals surface area contributed by atoms with Crippen molar-refractivity contribution >= 4 is 5.91 Å². The molecule has 3 N–H and O–H groups in total. The Bertz CT molecular complexity index is 472. The largest absolute Gasteiger partial charge is 0.456 e. The fraction of sp³-hybridized carbons (Fsp3) is 0.643. The van der Waals surface area contributed by atoms with E-state index < -0.39 is 5.91 Å². The third kappa shape index (κ3) is 3.20. The molecule has 1 amide bonds. The smallest absolute Gasteiger partial charge is 0.300 e. The normalized spacial score (nSPS) is 23.8. The predicted molar refractivity (Wildman–Crippen MR) is 75.0 cm³/mol. The van der Waals surface area contributed by atoms with Crippen molar-refractivity contribution in [2.75, 3.05) is 13.2 Å². The number of nitrogens with one attached hydrogen (secondary N) is 1. The first-order valence-corrected chi connectivity index (χ1v) is 7.01. The molecule has 0 spiro atoms. The minimum atomic E-state index is -0.401. The van der Waals surface area contributed by atoms with E-state index in [1.165, 1.54) is 0 Å². The SMILES string of the molecule is CCC1COC(C)CN1Cc1cc(C(=O)NN)oc1C. The molecular formula is C14H23N3O3. The molecule has 1 aromatic heterocycles. The number of morpholine rings is 1. The molecule has 1 aliphatic heterocycles. The van der Waals surface area contributed by atoms with Gasteiger partial charge in [-0.05, 0) is 26.3 Å². The Kier molecular flexibility index (Phi) is 4.80. The van der Waals surface area contributed by atoms with Crippen LogP contribution < -0.4 is 11.3 Å². The lowest BCUT2D eigenvalue weighted by molar-refractivity contribution is -0.0593. The first-order chi connectivity index (χ1) is 9.55. The zero-order valence-corrected chi connectivity index (χ0v) is 12.3. The van der Waals surface area contributed by atoms with Crippen molar-refractivity contribution in [3.63, 3.8) is 0 Å². The number of nitrogens with two attached hydrogens (primary N) is 1. The van der Waals surface area contributed by atoms with Gasteiger partial charge in [-0.25, -0.2) is 5.84 Å². The van der Waals surface area contributed by atoms with Gasteiger partial charge >= 0.3 is 5.91 Å². The average Bonchev–Trinajstić information content (AvgIpc) is 2.79. The summed E-state index contributed by atoms with van der Waals surface area (Å²) in [6.07, 6.45) is 1.27. The number of nitrogen functional groups attached to an aromatic ring is 1. The number of rotatable bonds is 4. The molecule has 0 saturated carbocycles. The topological polar surface area (TPSA) is 80.7 Å². The number of nitrogens with zero attached hydrogens (tertiary/aromatic N) is 1. The Morgan fingerprint density at radius 1 is 1.60 bits per heavy atom. The number of aryl methyl sites for hydroxylation is 1. The summed E-state index contributed by atoms with van der Waals surface area (Å²) in [7, 11) is 0. The van der Waals surface area contributed by atoms with E-state index in [1.54, 1.807) is 6.07 Å². The molecule has 1 fully saturated rings. The number of carbonyl (C=O) groups is 1. The van der Waals surface area contributed by atoms with Crippen LogP contribution in [0.3, 0.4) is 0 Å². The molecule has 1 aromatic rings. The highest BCUT2D eigenvalue weighted by atomic mass is 16.5. The summed E-state index contributed by atoms with van der Waals surface area (Å²) in [5.41, 5.74) is 3.11. The summed E-state index contributed by atoms with van der Waals surface area (Å²) in [4.78, 5) is 13.9. The van der Waals surface area contributed by atoms with Gasteiger partial charge in [-0.3, -0.25) is 15.1 Å². The highest BCUT2D eigenvalue weighted by Crippen LogP contribution is 2.21. The molecule has 1 aliphatic rings. The summed E-state index contributed by atoms with van der Waals surface area (Å²) in [6.45, 7) is 8.51. The minimum Gasteiger partial charge on any atom is -0.456 e. The van der Waals surface area contributed by atoms with Gasteiger partial charge in [-0.2, -0.15) is 0 Å². The second kappa shape index (κ2) is 6.39. The van der Waals surface area contributed by atoms with Crippen LogP contribution >= 0.6 is 0 Å². The maximum absolute atomic E-state index is 11.5. The Morgan fingerprint density at radius 3 is 3.00 bits per heavy atom. The van der Waals surface area contributed by atoms with Crippen LogP contribution in [0, 0.1) is 6.92 Å². The van der Waals surface area contributed by atoms with Gasteiger partial charge in [0.15, 0.2) is 5.76 Å². The first-order valence-electron chi connectivity index (χ1n) is 7.01. The lowest BCUT2D eigenvalue weighted by Crippen LogP contribution is -2.47. The minimum absolute atomic E-state index is 0.233. The van der Waals surface area contributed by atoms with Gasteiger partial charge < -0.3 is 9.15 Å². The predicted octanol–water partition coefficient (Wildman–Crippen LogP) is 1.19. The molecular weight excluding hydrogens is 258 g/mol. The summed E-state index contributed by atoms with van der Waals surface area (Å²) in [6, 6.07) is 2.18. The molecule has 20 heavy (non-hydrogen) atoms. The molecule has 6 heteroatoms.